The van der Waals surface area contributed by atoms with Crippen molar-refractivity contribution in [2.75, 3.05) is 7.11 Å². The molecule has 2 heterocycles. The van der Waals surface area contributed by atoms with Crippen molar-refractivity contribution in [2.24, 2.45) is 0 Å². The van der Waals surface area contributed by atoms with E-state index < -0.39 is 17.6 Å². The summed E-state index contributed by atoms with van der Waals surface area (Å²) >= 11 is 2.35. The maximum absolute atomic E-state index is 13.4. The maximum atomic E-state index is 13.4. The van der Waals surface area contributed by atoms with Gasteiger partial charge < -0.3 is 9.47 Å². The number of thiazole rings is 1. The van der Waals surface area contributed by atoms with E-state index in [1.165, 1.54) is 17.4 Å². The molecule has 0 atom stereocenters. The Labute approximate surface area is 155 Å². The number of benzene rings is 1. The molecule has 0 N–H and O–H groups in total. The van der Waals surface area contributed by atoms with E-state index in [1.807, 2.05) is 0 Å². The van der Waals surface area contributed by atoms with Gasteiger partial charge in [-0.3, -0.25) is 0 Å². The molecule has 0 fully saturated rings. The monoisotopic (exact) mass is 397 g/mol. The van der Waals surface area contributed by atoms with Crippen LogP contribution in [0.5, 0.6) is 0 Å². The van der Waals surface area contributed by atoms with Gasteiger partial charge in [0, 0.05) is 12.7 Å². The third-order valence-corrected chi connectivity index (χ3v) is 5.31. The average molecular weight is 397 g/mol. The van der Waals surface area contributed by atoms with Crippen LogP contribution in [0.4, 0.5) is 8.78 Å². The third kappa shape index (κ3) is 4.09. The van der Waals surface area contributed by atoms with Crippen molar-refractivity contribution in [2.45, 2.75) is 20.1 Å². The predicted molar refractivity (Wildman–Crippen MR) is 91.9 cm³/mol. The summed E-state index contributed by atoms with van der Waals surface area (Å²) in [5.74, 6) is -2.47. The number of carbonyl (C=O) groups excluding carboxylic acids is 1. The molecule has 10 heteroatoms. The molecule has 0 aliphatic carbocycles. The molecular formula is C16H13F2N3O3S2. The second-order valence-electron chi connectivity index (χ2n) is 5.16. The minimum atomic E-state index is -0.970. The first-order chi connectivity index (χ1) is 12.5. The lowest BCUT2D eigenvalue weighted by Gasteiger charge is -2.00. The molecule has 136 valence electrons. The van der Waals surface area contributed by atoms with Crippen molar-refractivity contribution in [3.8, 4) is 10.6 Å². The molecule has 0 saturated heterocycles. The number of hydrogen-bond donors (Lipinski definition) is 0. The van der Waals surface area contributed by atoms with Crippen LogP contribution >= 0.6 is 22.7 Å². The molecule has 2 aromatic heterocycles. The first-order valence-electron chi connectivity index (χ1n) is 7.38. The van der Waals surface area contributed by atoms with Crippen molar-refractivity contribution in [1.82, 2.24) is 15.2 Å². The van der Waals surface area contributed by atoms with Gasteiger partial charge in [0.05, 0.1) is 12.3 Å². The van der Waals surface area contributed by atoms with Gasteiger partial charge in [0.2, 0.25) is 0 Å². The van der Waals surface area contributed by atoms with E-state index in [2.05, 4.69) is 15.2 Å². The lowest BCUT2D eigenvalue weighted by Crippen LogP contribution is -2.04. The standard InChI is InChI=1S/C16H13F2N3O3S2/c1-8-14(16(22)24-7-13-21-20-12(25-13)6-23-2)26-15(19-8)9-3-4-10(17)11(18)5-9/h3-5H,6-7H2,1-2H3. The fraction of sp³-hybridized carbons (Fsp3) is 0.250. The van der Waals surface area contributed by atoms with Crippen molar-refractivity contribution >= 4 is 28.6 Å². The minimum Gasteiger partial charge on any atom is -0.454 e. The van der Waals surface area contributed by atoms with Crippen molar-refractivity contribution in [3.05, 3.63) is 50.4 Å². The molecule has 0 saturated carbocycles. The Hall–Kier alpha value is -2.30. The minimum absolute atomic E-state index is 0.0158. The Balaban J connectivity index is 1.71. The molecule has 3 rings (SSSR count). The number of hydrogen-bond acceptors (Lipinski definition) is 8. The molecule has 0 radical (unpaired) electrons. The number of carbonyl (C=O) groups is 1. The molecule has 26 heavy (non-hydrogen) atoms. The maximum Gasteiger partial charge on any atom is 0.350 e. The summed E-state index contributed by atoms with van der Waals surface area (Å²) in [6.07, 6.45) is 0. The van der Waals surface area contributed by atoms with Crippen molar-refractivity contribution < 1.29 is 23.0 Å². The van der Waals surface area contributed by atoms with Crippen LogP contribution < -0.4 is 0 Å². The average Bonchev–Trinajstić information content (AvgIpc) is 3.22. The molecule has 0 aliphatic rings. The van der Waals surface area contributed by atoms with Crippen molar-refractivity contribution in [3.63, 3.8) is 0 Å². The number of esters is 1. The van der Waals surface area contributed by atoms with E-state index in [0.717, 1.165) is 23.5 Å². The number of halogens is 2. The SMILES string of the molecule is COCc1nnc(COC(=O)c2sc(-c3ccc(F)c(F)c3)nc2C)s1. The summed E-state index contributed by atoms with van der Waals surface area (Å²) in [5, 5.41) is 9.47. The van der Waals surface area contributed by atoms with Gasteiger partial charge in [-0.15, -0.1) is 21.5 Å². The molecule has 0 bridgehead atoms. The highest BCUT2D eigenvalue weighted by Crippen LogP contribution is 2.29. The van der Waals surface area contributed by atoms with E-state index in [4.69, 9.17) is 9.47 Å². The van der Waals surface area contributed by atoms with Gasteiger partial charge in [-0.2, -0.15) is 0 Å². The molecule has 0 aliphatic heterocycles. The van der Waals surface area contributed by atoms with Gasteiger partial charge in [-0.25, -0.2) is 18.6 Å². The highest BCUT2D eigenvalue weighted by Gasteiger charge is 2.19. The van der Waals surface area contributed by atoms with Crippen LogP contribution in [0.3, 0.4) is 0 Å². The van der Waals surface area contributed by atoms with Crippen LogP contribution in [0.2, 0.25) is 0 Å². The fourth-order valence-electron chi connectivity index (χ4n) is 2.06. The summed E-state index contributed by atoms with van der Waals surface area (Å²) in [5.41, 5.74) is 0.849. The lowest BCUT2D eigenvalue weighted by molar-refractivity contribution is 0.0476. The number of aromatic nitrogens is 3. The second kappa shape index (κ2) is 7.94. The van der Waals surface area contributed by atoms with Gasteiger partial charge in [-0.1, -0.05) is 11.3 Å². The van der Waals surface area contributed by atoms with Crippen LogP contribution in [0, 0.1) is 18.6 Å². The summed E-state index contributed by atoms with van der Waals surface area (Å²) in [6, 6.07) is 3.47. The molecule has 6 nitrogen and oxygen atoms in total. The van der Waals surface area contributed by atoms with Gasteiger partial charge in [0.1, 0.15) is 21.5 Å². The number of nitrogens with zero attached hydrogens (tertiary/aromatic N) is 3. The zero-order valence-corrected chi connectivity index (χ0v) is 15.4. The van der Waals surface area contributed by atoms with Crippen LogP contribution in [-0.4, -0.2) is 28.3 Å². The van der Waals surface area contributed by atoms with Crippen LogP contribution in [0.15, 0.2) is 18.2 Å². The highest BCUT2D eigenvalue weighted by atomic mass is 32.1. The normalized spacial score (nSPS) is 10.9. The third-order valence-electron chi connectivity index (χ3n) is 3.25. The zero-order valence-electron chi connectivity index (χ0n) is 13.8. The number of aryl methyl sites for hydroxylation is 1. The van der Waals surface area contributed by atoms with Crippen LogP contribution in [0.25, 0.3) is 10.6 Å². The first kappa shape index (κ1) is 18.5. The van der Waals surface area contributed by atoms with Gasteiger partial charge >= 0.3 is 5.97 Å². The van der Waals surface area contributed by atoms with Gasteiger partial charge in [-0.05, 0) is 25.1 Å². The van der Waals surface area contributed by atoms with Gasteiger partial charge in [0.25, 0.3) is 0 Å². The Kier molecular flexibility index (Phi) is 5.64. The van der Waals surface area contributed by atoms with Gasteiger partial charge in [0.15, 0.2) is 16.6 Å². The quantitative estimate of drug-likeness (QED) is 0.590. The molecule has 0 spiro atoms. The number of rotatable bonds is 6. The Morgan fingerprint density at radius 2 is 1.85 bits per heavy atom. The van der Waals surface area contributed by atoms with Crippen molar-refractivity contribution in [1.29, 1.82) is 0 Å². The van der Waals surface area contributed by atoms with E-state index in [0.29, 0.717) is 37.8 Å². The van der Waals surface area contributed by atoms with E-state index in [-0.39, 0.29) is 6.61 Å². The predicted octanol–water partition coefficient (Wildman–Crippen LogP) is 3.75. The summed E-state index contributed by atoms with van der Waals surface area (Å²) in [6.45, 7) is 1.98. The molecule has 1 aromatic carbocycles. The summed E-state index contributed by atoms with van der Waals surface area (Å²) in [7, 11) is 1.55. The van der Waals surface area contributed by atoms with E-state index >= 15 is 0 Å². The Morgan fingerprint density at radius 3 is 2.54 bits per heavy atom. The number of methoxy groups -OCH3 is 1. The largest absolute Gasteiger partial charge is 0.454 e. The number of ether oxygens (including phenoxy) is 2. The fourth-order valence-corrected chi connectivity index (χ4v) is 3.75. The van der Waals surface area contributed by atoms with Crippen LogP contribution in [0.1, 0.15) is 25.4 Å². The Morgan fingerprint density at radius 1 is 1.12 bits per heavy atom. The molecule has 3 aromatic rings. The molecule has 0 amide bonds. The van der Waals surface area contributed by atoms with E-state index in [9.17, 15) is 13.6 Å². The van der Waals surface area contributed by atoms with E-state index in [1.54, 1.807) is 14.0 Å². The summed E-state index contributed by atoms with van der Waals surface area (Å²) < 4.78 is 36.6. The Bertz CT molecular complexity index is 943. The zero-order chi connectivity index (χ0) is 18.7. The van der Waals surface area contributed by atoms with Crippen LogP contribution in [-0.2, 0) is 22.7 Å². The second-order valence-corrected chi connectivity index (χ2v) is 7.31. The molecular weight excluding hydrogens is 384 g/mol. The smallest absolute Gasteiger partial charge is 0.350 e. The summed E-state index contributed by atoms with van der Waals surface area (Å²) in [4.78, 5) is 16.8. The lowest BCUT2D eigenvalue weighted by atomic mass is 10.2. The highest BCUT2D eigenvalue weighted by molar-refractivity contribution is 7.17. The molecule has 0 unspecified atom stereocenters. The first-order valence-corrected chi connectivity index (χ1v) is 9.01. The topological polar surface area (TPSA) is 74.2 Å².